The number of rotatable bonds is 8. The number of aromatic nitrogens is 1. The average molecular weight is 285 g/mol. The number of thiazole rings is 1. The molecule has 106 valence electrons. The topological polar surface area (TPSA) is 80.3 Å². The maximum Gasteiger partial charge on any atom is 0.311 e. The minimum absolute atomic E-state index is 0.0284. The number of anilines is 1. The normalized spacial score (nSPS) is 10.0. The van der Waals surface area contributed by atoms with Crippen LogP contribution in [0.1, 0.15) is 25.5 Å². The number of nitrogens with zero attached hydrogens (tertiary/aromatic N) is 1. The zero-order chi connectivity index (χ0) is 14.1. The molecule has 0 bridgehead atoms. The third-order valence-corrected chi connectivity index (χ3v) is 3.15. The summed E-state index contributed by atoms with van der Waals surface area (Å²) in [6.07, 6.45) is 1.51. The van der Waals surface area contributed by atoms with Crippen LogP contribution in [0.5, 0.6) is 0 Å². The fourth-order valence-corrected chi connectivity index (χ4v) is 2.06. The number of carbonyl (C=O) groups excluding carboxylic acids is 2. The van der Waals surface area contributed by atoms with Crippen LogP contribution in [0.25, 0.3) is 0 Å². The van der Waals surface area contributed by atoms with E-state index in [1.54, 1.807) is 5.38 Å². The lowest BCUT2D eigenvalue weighted by Gasteiger charge is -2.03. The Kier molecular flexibility index (Phi) is 6.88. The highest BCUT2D eigenvalue weighted by Crippen LogP contribution is 2.15. The number of hydrogen-bond donors (Lipinski definition) is 2. The average Bonchev–Trinajstić information content (AvgIpc) is 2.83. The predicted octanol–water partition coefficient (Wildman–Crippen LogP) is 1.19. The molecule has 0 spiro atoms. The summed E-state index contributed by atoms with van der Waals surface area (Å²) in [5.74, 6) is -0.281. The highest BCUT2D eigenvalue weighted by molar-refractivity contribution is 7.13. The van der Waals surface area contributed by atoms with Crippen LogP contribution in [-0.2, 0) is 20.7 Å². The van der Waals surface area contributed by atoms with Crippen molar-refractivity contribution >= 4 is 28.3 Å². The molecule has 0 saturated carbocycles. The van der Waals surface area contributed by atoms with Gasteiger partial charge in [-0.2, -0.15) is 0 Å². The van der Waals surface area contributed by atoms with Crippen molar-refractivity contribution < 1.29 is 14.3 Å². The molecule has 7 heteroatoms. The number of amides is 1. The van der Waals surface area contributed by atoms with Crippen LogP contribution in [0.4, 0.5) is 5.13 Å². The third-order valence-electron chi connectivity index (χ3n) is 2.31. The van der Waals surface area contributed by atoms with Crippen LogP contribution in [-0.4, -0.2) is 37.1 Å². The Morgan fingerprint density at radius 2 is 2.21 bits per heavy atom. The highest BCUT2D eigenvalue weighted by Gasteiger charge is 2.07. The molecule has 2 N–H and O–H groups in total. The van der Waals surface area contributed by atoms with Crippen molar-refractivity contribution in [1.82, 2.24) is 10.3 Å². The molecule has 0 unspecified atom stereocenters. The fraction of sp³-hybridized carbons (Fsp3) is 0.583. The standard InChI is InChI=1S/C12H19N3O3S/c1-3-5-13-10(16)4-6-14-12-15-9(8-19-12)7-11(17)18-2/h8H,3-7H2,1-2H3,(H,13,16)(H,14,15). The molecule has 0 fully saturated rings. The summed E-state index contributed by atoms with van der Waals surface area (Å²) in [4.78, 5) is 26.6. The number of esters is 1. The van der Waals surface area contributed by atoms with Gasteiger partial charge in [0, 0.05) is 24.9 Å². The smallest absolute Gasteiger partial charge is 0.311 e. The van der Waals surface area contributed by atoms with Crippen LogP contribution >= 0.6 is 11.3 Å². The Morgan fingerprint density at radius 1 is 1.42 bits per heavy atom. The van der Waals surface area contributed by atoms with Gasteiger partial charge in [-0.1, -0.05) is 6.92 Å². The first-order chi connectivity index (χ1) is 9.15. The Hall–Kier alpha value is -1.63. The maximum atomic E-state index is 11.4. The lowest BCUT2D eigenvalue weighted by molar-refractivity contribution is -0.139. The van der Waals surface area contributed by atoms with Crippen LogP contribution in [0.3, 0.4) is 0 Å². The van der Waals surface area contributed by atoms with E-state index in [9.17, 15) is 9.59 Å². The van der Waals surface area contributed by atoms with E-state index >= 15 is 0 Å². The van der Waals surface area contributed by atoms with E-state index < -0.39 is 0 Å². The summed E-state index contributed by atoms with van der Waals surface area (Å²) >= 11 is 1.41. The Morgan fingerprint density at radius 3 is 2.89 bits per heavy atom. The van der Waals surface area contributed by atoms with E-state index in [4.69, 9.17) is 0 Å². The molecule has 1 amide bonds. The minimum atomic E-state index is -0.309. The van der Waals surface area contributed by atoms with Gasteiger partial charge in [0.15, 0.2) is 5.13 Å². The molecule has 0 atom stereocenters. The van der Waals surface area contributed by atoms with E-state index in [1.807, 2.05) is 6.92 Å². The quantitative estimate of drug-likeness (QED) is 0.701. The summed E-state index contributed by atoms with van der Waals surface area (Å²) in [6.45, 7) is 3.25. The Balaban J connectivity index is 2.26. The number of methoxy groups -OCH3 is 1. The molecule has 19 heavy (non-hydrogen) atoms. The molecular formula is C12H19N3O3S. The van der Waals surface area contributed by atoms with Crippen molar-refractivity contribution in [2.75, 3.05) is 25.5 Å². The second-order valence-corrected chi connectivity index (χ2v) is 4.78. The number of carbonyl (C=O) groups is 2. The monoisotopic (exact) mass is 285 g/mol. The van der Waals surface area contributed by atoms with Gasteiger partial charge < -0.3 is 15.4 Å². The summed E-state index contributed by atoms with van der Waals surface area (Å²) in [7, 11) is 1.35. The molecule has 0 radical (unpaired) electrons. The van der Waals surface area contributed by atoms with E-state index in [1.165, 1.54) is 18.4 Å². The van der Waals surface area contributed by atoms with Gasteiger partial charge in [0.25, 0.3) is 0 Å². The largest absolute Gasteiger partial charge is 0.469 e. The van der Waals surface area contributed by atoms with Crippen LogP contribution in [0.2, 0.25) is 0 Å². The zero-order valence-electron chi connectivity index (χ0n) is 11.2. The molecule has 0 aliphatic heterocycles. The van der Waals surface area contributed by atoms with Crippen molar-refractivity contribution in [3.8, 4) is 0 Å². The molecule has 1 aromatic rings. The number of ether oxygens (including phenoxy) is 1. The molecule has 0 aliphatic carbocycles. The summed E-state index contributed by atoms with van der Waals surface area (Å²) in [6, 6.07) is 0. The maximum absolute atomic E-state index is 11.4. The molecular weight excluding hydrogens is 266 g/mol. The van der Waals surface area contributed by atoms with Gasteiger partial charge in [0.2, 0.25) is 5.91 Å². The first kappa shape index (κ1) is 15.4. The molecule has 0 aromatic carbocycles. The van der Waals surface area contributed by atoms with E-state index in [0.717, 1.165) is 6.42 Å². The first-order valence-electron chi connectivity index (χ1n) is 6.17. The summed E-state index contributed by atoms with van der Waals surface area (Å²) in [5.41, 5.74) is 0.676. The van der Waals surface area contributed by atoms with Crippen molar-refractivity contribution in [2.24, 2.45) is 0 Å². The molecule has 1 aromatic heterocycles. The van der Waals surface area contributed by atoms with E-state index in [2.05, 4.69) is 20.4 Å². The third kappa shape index (κ3) is 6.19. The lowest BCUT2D eigenvalue weighted by atomic mass is 10.3. The van der Waals surface area contributed by atoms with Crippen molar-refractivity contribution in [3.63, 3.8) is 0 Å². The Labute approximate surface area is 116 Å². The Bertz CT molecular complexity index is 420. The van der Waals surface area contributed by atoms with Crippen LogP contribution < -0.4 is 10.6 Å². The van der Waals surface area contributed by atoms with Gasteiger partial charge in [0.05, 0.1) is 19.2 Å². The SMILES string of the molecule is CCCNC(=O)CCNc1nc(CC(=O)OC)cs1. The fourth-order valence-electron chi connectivity index (χ4n) is 1.33. The lowest BCUT2D eigenvalue weighted by Crippen LogP contribution is -2.25. The number of nitrogens with one attached hydrogen (secondary N) is 2. The molecule has 1 heterocycles. The van der Waals surface area contributed by atoms with Gasteiger partial charge >= 0.3 is 5.97 Å². The van der Waals surface area contributed by atoms with E-state index in [0.29, 0.717) is 30.3 Å². The first-order valence-corrected chi connectivity index (χ1v) is 7.05. The van der Waals surface area contributed by atoms with Gasteiger partial charge in [-0.3, -0.25) is 9.59 Å². The molecule has 6 nitrogen and oxygen atoms in total. The van der Waals surface area contributed by atoms with Gasteiger partial charge in [-0.25, -0.2) is 4.98 Å². The highest BCUT2D eigenvalue weighted by atomic mass is 32.1. The van der Waals surface area contributed by atoms with Crippen LogP contribution in [0, 0.1) is 0 Å². The second kappa shape index (κ2) is 8.47. The predicted molar refractivity (Wildman–Crippen MR) is 74.2 cm³/mol. The number of hydrogen-bond acceptors (Lipinski definition) is 6. The minimum Gasteiger partial charge on any atom is -0.469 e. The zero-order valence-corrected chi connectivity index (χ0v) is 12.0. The summed E-state index contributed by atoms with van der Waals surface area (Å²) in [5, 5.41) is 8.37. The van der Waals surface area contributed by atoms with Gasteiger partial charge in [-0.05, 0) is 6.42 Å². The molecule has 0 saturated heterocycles. The van der Waals surface area contributed by atoms with Gasteiger partial charge in [0.1, 0.15) is 0 Å². The van der Waals surface area contributed by atoms with Crippen molar-refractivity contribution in [2.45, 2.75) is 26.2 Å². The summed E-state index contributed by atoms with van der Waals surface area (Å²) < 4.78 is 4.57. The van der Waals surface area contributed by atoms with Crippen molar-refractivity contribution in [3.05, 3.63) is 11.1 Å². The van der Waals surface area contributed by atoms with E-state index in [-0.39, 0.29) is 18.3 Å². The molecule has 0 aliphatic rings. The van der Waals surface area contributed by atoms with Gasteiger partial charge in [-0.15, -0.1) is 11.3 Å². The van der Waals surface area contributed by atoms with Crippen LogP contribution in [0.15, 0.2) is 5.38 Å². The molecule has 1 rings (SSSR count). The van der Waals surface area contributed by atoms with Crippen molar-refractivity contribution in [1.29, 1.82) is 0 Å². The second-order valence-electron chi connectivity index (χ2n) is 3.92.